The number of aromatic nitrogens is 1. The Morgan fingerprint density at radius 2 is 1.91 bits per heavy atom. The lowest BCUT2D eigenvalue weighted by molar-refractivity contribution is -0.136. The molecule has 2 fully saturated rings. The number of hydrogen-bond acceptors (Lipinski definition) is 9. The zero-order chi connectivity index (χ0) is 23.6. The first-order valence-electron chi connectivity index (χ1n) is 10.6. The van der Waals surface area contributed by atoms with Gasteiger partial charge in [-0.3, -0.25) is 10.1 Å². The second-order valence-electron chi connectivity index (χ2n) is 8.01. The fourth-order valence-corrected chi connectivity index (χ4v) is 5.94. The predicted molar refractivity (Wildman–Crippen MR) is 117 cm³/mol. The Morgan fingerprint density at radius 3 is 2.52 bits per heavy atom. The van der Waals surface area contributed by atoms with Crippen LogP contribution in [0.5, 0.6) is 0 Å². The largest absolute Gasteiger partial charge is 0.393 e. The molecule has 1 saturated carbocycles. The third-order valence-electron chi connectivity index (χ3n) is 5.54. The van der Waals surface area contributed by atoms with Gasteiger partial charge in [0.15, 0.2) is 21.1 Å². The van der Waals surface area contributed by atoms with Gasteiger partial charge in [-0.25, -0.2) is 13.4 Å². The third kappa shape index (κ3) is 5.58. The van der Waals surface area contributed by atoms with Crippen LogP contribution in [-0.4, -0.2) is 60.7 Å². The van der Waals surface area contributed by atoms with E-state index in [4.69, 9.17) is 14.6 Å². The summed E-state index contributed by atoms with van der Waals surface area (Å²) in [5, 5.41) is 19.9. The summed E-state index contributed by atoms with van der Waals surface area (Å²) in [7, 11) is -3.37. The maximum absolute atomic E-state index is 14.1. The van der Waals surface area contributed by atoms with Gasteiger partial charge in [-0.05, 0) is 43.4 Å². The van der Waals surface area contributed by atoms with E-state index in [9.17, 15) is 22.7 Å². The van der Waals surface area contributed by atoms with Crippen LogP contribution in [-0.2, 0) is 24.1 Å². The molecule has 33 heavy (non-hydrogen) atoms. The van der Waals surface area contributed by atoms with Gasteiger partial charge in [0, 0.05) is 13.2 Å². The van der Waals surface area contributed by atoms with Crippen molar-refractivity contribution >= 4 is 32.2 Å². The molecule has 4 rings (SSSR count). The number of nitrogens with one attached hydrogen (secondary N) is 1. The highest BCUT2D eigenvalue weighted by Crippen LogP contribution is 2.34. The fourth-order valence-electron chi connectivity index (χ4n) is 3.53. The Balaban J connectivity index is 1.56. The SMILES string of the molecule is O=C(Nc1nc(C(O)CO)c(F)s1)C(OC1CCOCC1)c1ccc(S(=O)(=O)C2CC2)cc1. The van der Waals surface area contributed by atoms with Gasteiger partial charge in [0.05, 0.1) is 22.9 Å². The van der Waals surface area contributed by atoms with Crippen LogP contribution < -0.4 is 5.32 Å². The van der Waals surface area contributed by atoms with Crippen LogP contribution in [0.1, 0.15) is 49.1 Å². The van der Waals surface area contributed by atoms with Crippen molar-refractivity contribution in [2.45, 2.75) is 54.1 Å². The van der Waals surface area contributed by atoms with Crippen molar-refractivity contribution in [3.63, 3.8) is 0 Å². The van der Waals surface area contributed by atoms with Gasteiger partial charge < -0.3 is 19.7 Å². The highest BCUT2D eigenvalue weighted by atomic mass is 32.2. The van der Waals surface area contributed by atoms with Gasteiger partial charge >= 0.3 is 0 Å². The second-order valence-corrected chi connectivity index (χ2v) is 11.2. The molecule has 1 aromatic carbocycles. The second kappa shape index (κ2) is 10.1. The molecule has 2 aliphatic rings. The molecule has 12 heteroatoms. The predicted octanol–water partition coefficient (Wildman–Crippen LogP) is 2.12. The van der Waals surface area contributed by atoms with E-state index in [-0.39, 0.29) is 27.1 Å². The van der Waals surface area contributed by atoms with Crippen molar-refractivity contribution in [3.8, 4) is 0 Å². The number of halogens is 1. The normalized spacial score (nSPS) is 19.2. The first-order chi connectivity index (χ1) is 15.8. The molecule has 180 valence electrons. The number of thiazole rings is 1. The van der Waals surface area contributed by atoms with Crippen LogP contribution in [0.4, 0.5) is 9.52 Å². The number of aliphatic hydroxyl groups is 2. The van der Waals surface area contributed by atoms with E-state index in [1.807, 2.05) is 0 Å². The molecule has 0 bridgehead atoms. The van der Waals surface area contributed by atoms with E-state index in [0.29, 0.717) is 55.8 Å². The molecule has 0 radical (unpaired) electrons. The van der Waals surface area contributed by atoms with Crippen LogP contribution in [0.25, 0.3) is 0 Å². The molecule has 1 aliphatic carbocycles. The highest BCUT2D eigenvalue weighted by Gasteiger charge is 2.37. The van der Waals surface area contributed by atoms with E-state index in [0.717, 1.165) is 0 Å². The number of carbonyl (C=O) groups is 1. The summed E-state index contributed by atoms with van der Waals surface area (Å²) < 4.78 is 50.4. The summed E-state index contributed by atoms with van der Waals surface area (Å²) in [5.41, 5.74) is 0.0933. The van der Waals surface area contributed by atoms with Crippen LogP contribution >= 0.6 is 11.3 Å². The van der Waals surface area contributed by atoms with Gasteiger partial charge in [0.25, 0.3) is 5.91 Å². The highest BCUT2D eigenvalue weighted by molar-refractivity contribution is 7.92. The third-order valence-corrected chi connectivity index (χ3v) is 8.59. The molecule has 2 heterocycles. The fraction of sp³-hybridized carbons (Fsp3) is 0.524. The van der Waals surface area contributed by atoms with Crippen molar-refractivity contribution in [1.29, 1.82) is 0 Å². The molecule has 3 N–H and O–H groups in total. The van der Waals surface area contributed by atoms with Crippen LogP contribution in [0.3, 0.4) is 0 Å². The lowest BCUT2D eigenvalue weighted by Crippen LogP contribution is -2.31. The average molecular weight is 501 g/mol. The number of benzene rings is 1. The van der Waals surface area contributed by atoms with E-state index in [2.05, 4.69) is 10.3 Å². The Bertz CT molecular complexity index is 1080. The molecule has 2 atom stereocenters. The van der Waals surface area contributed by atoms with Gasteiger partial charge in [-0.1, -0.05) is 23.5 Å². The van der Waals surface area contributed by atoms with Crippen LogP contribution in [0.2, 0.25) is 0 Å². The standard InChI is InChI=1S/C21H25FN2O7S2/c22-19-17(16(26)11-25)23-21(32-19)24-20(27)18(31-13-7-9-30-10-8-13)12-1-3-14(4-2-12)33(28,29)15-5-6-15/h1-4,13,15-16,18,25-26H,5-11H2,(H,23,24,27). The molecule has 2 aromatic rings. The molecule has 1 aliphatic heterocycles. The first-order valence-corrected chi connectivity index (χ1v) is 13.0. The van der Waals surface area contributed by atoms with Gasteiger partial charge in [-0.15, -0.1) is 0 Å². The molecule has 9 nitrogen and oxygen atoms in total. The van der Waals surface area contributed by atoms with Gasteiger partial charge in [0.2, 0.25) is 5.13 Å². The minimum atomic E-state index is -3.37. The topological polar surface area (TPSA) is 135 Å². The maximum atomic E-state index is 14.1. The van der Waals surface area contributed by atoms with E-state index in [1.54, 1.807) is 12.1 Å². The number of anilines is 1. The maximum Gasteiger partial charge on any atom is 0.259 e. The zero-order valence-electron chi connectivity index (χ0n) is 17.6. The number of hydrogen-bond donors (Lipinski definition) is 3. The first kappa shape index (κ1) is 24.2. The summed E-state index contributed by atoms with van der Waals surface area (Å²) in [4.78, 5) is 17.2. The molecule has 0 spiro atoms. The van der Waals surface area contributed by atoms with Crippen molar-refractivity contribution in [2.75, 3.05) is 25.1 Å². The number of carbonyl (C=O) groups excluding carboxylic acids is 1. The monoisotopic (exact) mass is 500 g/mol. The minimum Gasteiger partial charge on any atom is -0.393 e. The molecule has 1 saturated heterocycles. The van der Waals surface area contributed by atoms with Gasteiger partial charge in [-0.2, -0.15) is 4.39 Å². The Hall–Kier alpha value is -1.96. The van der Waals surface area contributed by atoms with Crippen molar-refractivity contribution < 1.29 is 37.3 Å². The van der Waals surface area contributed by atoms with Crippen molar-refractivity contribution in [1.82, 2.24) is 4.98 Å². The molecule has 1 amide bonds. The number of ether oxygens (including phenoxy) is 2. The van der Waals surface area contributed by atoms with Crippen LogP contribution in [0, 0.1) is 5.13 Å². The minimum absolute atomic E-state index is 0.0893. The number of aliphatic hydroxyl groups excluding tert-OH is 2. The van der Waals surface area contributed by atoms with Gasteiger partial charge in [0.1, 0.15) is 11.8 Å². The number of sulfone groups is 1. The Kier molecular flexibility index (Phi) is 7.41. The Morgan fingerprint density at radius 1 is 1.24 bits per heavy atom. The van der Waals surface area contributed by atoms with E-state index in [1.165, 1.54) is 12.1 Å². The van der Waals surface area contributed by atoms with Crippen molar-refractivity contribution in [3.05, 3.63) is 40.7 Å². The number of rotatable bonds is 9. The quantitative estimate of drug-likeness (QED) is 0.477. The summed E-state index contributed by atoms with van der Waals surface area (Å²) >= 11 is 0.525. The summed E-state index contributed by atoms with van der Waals surface area (Å²) in [6, 6.07) is 6.02. The van der Waals surface area contributed by atoms with Crippen LogP contribution in [0.15, 0.2) is 29.2 Å². The summed E-state index contributed by atoms with van der Waals surface area (Å²) in [6.45, 7) is 0.287. The molecule has 1 aromatic heterocycles. The number of amides is 1. The summed E-state index contributed by atoms with van der Waals surface area (Å²) in [6.07, 6.45) is -0.346. The van der Waals surface area contributed by atoms with E-state index < -0.39 is 39.7 Å². The Labute approximate surface area is 194 Å². The van der Waals surface area contributed by atoms with Crippen molar-refractivity contribution in [2.24, 2.45) is 0 Å². The lowest BCUT2D eigenvalue weighted by Gasteiger charge is -2.27. The molecular weight excluding hydrogens is 475 g/mol. The number of nitrogens with zero attached hydrogens (tertiary/aromatic N) is 1. The summed E-state index contributed by atoms with van der Waals surface area (Å²) in [5.74, 6) is -0.613. The average Bonchev–Trinajstić information content (AvgIpc) is 3.62. The lowest BCUT2D eigenvalue weighted by atomic mass is 10.1. The zero-order valence-corrected chi connectivity index (χ0v) is 19.3. The molecular formula is C21H25FN2O7S2. The smallest absolute Gasteiger partial charge is 0.259 e. The van der Waals surface area contributed by atoms with E-state index >= 15 is 0 Å². The molecule has 2 unspecified atom stereocenters.